The molecule has 0 saturated carbocycles. The number of aromatic nitrogens is 3. The largest absolute Gasteiger partial charge is 0.342 e. The lowest BCUT2D eigenvalue weighted by Crippen LogP contribution is -2.33. The van der Waals surface area contributed by atoms with Gasteiger partial charge in [-0.1, -0.05) is 30.3 Å². The van der Waals surface area contributed by atoms with Crippen molar-refractivity contribution in [2.45, 2.75) is 25.4 Å². The number of nitrogens with zero attached hydrogens (tertiary/aromatic N) is 3. The Kier molecular flexibility index (Phi) is 2.85. The van der Waals surface area contributed by atoms with E-state index in [2.05, 4.69) is 10.1 Å². The molecule has 2 aromatic rings. The van der Waals surface area contributed by atoms with E-state index in [4.69, 9.17) is 9.47 Å². The smallest absolute Gasteiger partial charge is 0.215 e. The minimum atomic E-state index is -0.756. The van der Waals surface area contributed by atoms with E-state index in [1.165, 1.54) is 6.33 Å². The van der Waals surface area contributed by atoms with E-state index in [0.29, 0.717) is 13.2 Å². The third-order valence-electron chi connectivity index (χ3n) is 2.99. The van der Waals surface area contributed by atoms with Crippen LogP contribution in [0.2, 0.25) is 0 Å². The number of benzene rings is 1. The van der Waals surface area contributed by atoms with Crippen LogP contribution in [-0.4, -0.2) is 27.5 Å². The summed E-state index contributed by atoms with van der Waals surface area (Å²) >= 11 is 0. The Balaban J connectivity index is 1.94. The van der Waals surface area contributed by atoms with Crippen molar-refractivity contribution in [2.24, 2.45) is 0 Å². The van der Waals surface area contributed by atoms with Gasteiger partial charge in [0.25, 0.3) is 0 Å². The zero-order valence-electron chi connectivity index (χ0n) is 10.2. The highest BCUT2D eigenvalue weighted by atomic mass is 16.7. The molecule has 3 rings (SSSR count). The van der Waals surface area contributed by atoms with E-state index in [1.807, 2.05) is 37.3 Å². The summed E-state index contributed by atoms with van der Waals surface area (Å²) in [6.07, 6.45) is 3.26. The van der Waals surface area contributed by atoms with Crippen LogP contribution in [0, 0.1) is 0 Å². The zero-order chi connectivity index (χ0) is 12.4. The van der Waals surface area contributed by atoms with Gasteiger partial charge in [-0.2, -0.15) is 5.10 Å². The first-order chi connectivity index (χ1) is 8.78. The van der Waals surface area contributed by atoms with Gasteiger partial charge in [-0.3, -0.25) is 0 Å². The standard InChI is InChI=1S/C13H15N3O2/c1-11-7-17-13(18-11,8-16-10-14-9-15-16)12-5-3-2-4-6-12/h2-6,9-11H,7-8H2,1H3/t11-,13+/m0/s1. The van der Waals surface area contributed by atoms with Gasteiger partial charge in [0.05, 0.1) is 12.7 Å². The third kappa shape index (κ3) is 2.02. The number of hydrogen-bond acceptors (Lipinski definition) is 4. The van der Waals surface area contributed by atoms with Crippen molar-refractivity contribution in [1.29, 1.82) is 0 Å². The molecule has 0 amide bonds. The Labute approximate surface area is 105 Å². The summed E-state index contributed by atoms with van der Waals surface area (Å²) in [6.45, 7) is 3.09. The lowest BCUT2D eigenvalue weighted by atomic mass is 10.1. The fraction of sp³-hybridized carbons (Fsp3) is 0.385. The SMILES string of the molecule is C[C@H]1CO[C@@](Cn2cncn2)(c2ccccc2)O1. The van der Waals surface area contributed by atoms with Gasteiger partial charge in [-0.05, 0) is 6.92 Å². The molecular formula is C13H15N3O2. The molecule has 5 heteroatoms. The van der Waals surface area contributed by atoms with Gasteiger partial charge >= 0.3 is 0 Å². The quantitative estimate of drug-likeness (QED) is 0.823. The van der Waals surface area contributed by atoms with E-state index in [9.17, 15) is 0 Å². The fourth-order valence-corrected chi connectivity index (χ4v) is 2.19. The fourth-order valence-electron chi connectivity index (χ4n) is 2.19. The topological polar surface area (TPSA) is 49.2 Å². The molecular weight excluding hydrogens is 230 g/mol. The van der Waals surface area contributed by atoms with Crippen molar-refractivity contribution >= 4 is 0 Å². The highest BCUT2D eigenvalue weighted by Gasteiger charge is 2.42. The average Bonchev–Trinajstić information content (AvgIpc) is 3.02. The second-order valence-electron chi connectivity index (χ2n) is 4.45. The molecule has 94 valence electrons. The Hall–Kier alpha value is -1.72. The molecule has 2 atom stereocenters. The summed E-state index contributed by atoms with van der Waals surface area (Å²) in [5.41, 5.74) is 1.00. The van der Waals surface area contributed by atoms with Crippen molar-refractivity contribution in [3.8, 4) is 0 Å². The summed E-state index contributed by atoms with van der Waals surface area (Å²) in [5.74, 6) is -0.756. The maximum atomic E-state index is 6.00. The van der Waals surface area contributed by atoms with Crippen LogP contribution in [0.4, 0.5) is 0 Å². The summed E-state index contributed by atoms with van der Waals surface area (Å²) < 4.78 is 13.6. The minimum absolute atomic E-state index is 0.0775. The molecule has 1 saturated heterocycles. The average molecular weight is 245 g/mol. The summed E-state index contributed by atoms with van der Waals surface area (Å²) in [6, 6.07) is 9.96. The Bertz CT molecular complexity index is 500. The highest BCUT2D eigenvalue weighted by molar-refractivity contribution is 5.21. The first kappa shape index (κ1) is 11.4. The van der Waals surface area contributed by atoms with E-state index in [0.717, 1.165) is 5.56 Å². The van der Waals surface area contributed by atoms with Gasteiger partial charge in [0, 0.05) is 5.56 Å². The first-order valence-electron chi connectivity index (χ1n) is 5.98. The molecule has 1 aromatic heterocycles. The maximum Gasteiger partial charge on any atom is 0.215 e. The van der Waals surface area contributed by atoms with Crippen molar-refractivity contribution in [3.05, 3.63) is 48.5 Å². The Morgan fingerprint density at radius 3 is 2.83 bits per heavy atom. The third-order valence-corrected chi connectivity index (χ3v) is 2.99. The number of hydrogen-bond donors (Lipinski definition) is 0. The number of ether oxygens (including phenoxy) is 2. The van der Waals surface area contributed by atoms with Crippen LogP contribution in [0.5, 0.6) is 0 Å². The van der Waals surface area contributed by atoms with E-state index >= 15 is 0 Å². The van der Waals surface area contributed by atoms with Gasteiger partial charge in [-0.15, -0.1) is 0 Å². The molecule has 5 nitrogen and oxygen atoms in total. The molecule has 0 spiro atoms. The van der Waals surface area contributed by atoms with Gasteiger partial charge in [0.15, 0.2) is 0 Å². The van der Waals surface area contributed by atoms with Crippen LogP contribution < -0.4 is 0 Å². The predicted octanol–water partition coefficient (Wildman–Crippen LogP) is 1.57. The minimum Gasteiger partial charge on any atom is -0.342 e. The zero-order valence-corrected chi connectivity index (χ0v) is 10.2. The van der Waals surface area contributed by atoms with E-state index in [-0.39, 0.29) is 6.10 Å². The Morgan fingerprint density at radius 1 is 1.39 bits per heavy atom. The lowest BCUT2D eigenvalue weighted by molar-refractivity contribution is -0.186. The van der Waals surface area contributed by atoms with Crippen LogP contribution in [-0.2, 0) is 21.8 Å². The highest BCUT2D eigenvalue weighted by Crippen LogP contribution is 2.35. The normalized spacial score (nSPS) is 27.5. The van der Waals surface area contributed by atoms with Crippen molar-refractivity contribution in [1.82, 2.24) is 14.8 Å². The van der Waals surface area contributed by atoms with Crippen LogP contribution in [0.3, 0.4) is 0 Å². The van der Waals surface area contributed by atoms with Gasteiger partial charge in [0.1, 0.15) is 19.2 Å². The van der Waals surface area contributed by atoms with Gasteiger partial charge in [0.2, 0.25) is 5.79 Å². The Morgan fingerprint density at radius 2 is 2.22 bits per heavy atom. The molecule has 0 radical (unpaired) electrons. The summed E-state index contributed by atoms with van der Waals surface area (Å²) in [7, 11) is 0. The molecule has 0 N–H and O–H groups in total. The van der Waals surface area contributed by atoms with E-state index in [1.54, 1.807) is 11.0 Å². The van der Waals surface area contributed by atoms with Gasteiger partial charge < -0.3 is 9.47 Å². The van der Waals surface area contributed by atoms with E-state index < -0.39 is 5.79 Å². The molecule has 1 fully saturated rings. The summed E-state index contributed by atoms with van der Waals surface area (Å²) in [5, 5.41) is 4.12. The second kappa shape index (κ2) is 4.51. The van der Waals surface area contributed by atoms with Crippen LogP contribution in [0.25, 0.3) is 0 Å². The molecule has 0 aliphatic carbocycles. The van der Waals surface area contributed by atoms with Crippen molar-refractivity contribution in [3.63, 3.8) is 0 Å². The van der Waals surface area contributed by atoms with Crippen LogP contribution in [0.1, 0.15) is 12.5 Å². The maximum absolute atomic E-state index is 6.00. The number of rotatable bonds is 3. The molecule has 1 aliphatic heterocycles. The van der Waals surface area contributed by atoms with Crippen molar-refractivity contribution < 1.29 is 9.47 Å². The molecule has 1 aliphatic rings. The summed E-state index contributed by atoms with van der Waals surface area (Å²) in [4.78, 5) is 3.95. The van der Waals surface area contributed by atoms with Gasteiger partial charge in [-0.25, -0.2) is 9.67 Å². The lowest BCUT2D eigenvalue weighted by Gasteiger charge is -2.28. The van der Waals surface area contributed by atoms with Crippen LogP contribution >= 0.6 is 0 Å². The second-order valence-corrected chi connectivity index (χ2v) is 4.45. The molecule has 2 heterocycles. The predicted molar refractivity (Wildman–Crippen MR) is 64.6 cm³/mol. The van der Waals surface area contributed by atoms with Crippen molar-refractivity contribution in [2.75, 3.05) is 6.61 Å². The van der Waals surface area contributed by atoms with Crippen LogP contribution in [0.15, 0.2) is 43.0 Å². The molecule has 18 heavy (non-hydrogen) atoms. The first-order valence-corrected chi connectivity index (χ1v) is 5.98. The molecule has 0 bridgehead atoms. The monoisotopic (exact) mass is 245 g/mol. The molecule has 1 aromatic carbocycles. The molecule has 0 unspecified atom stereocenters.